The first kappa shape index (κ1) is 21.2. The zero-order valence-corrected chi connectivity index (χ0v) is 19.1. The molecule has 1 nitrogen and oxygen atoms in total. The summed E-state index contributed by atoms with van der Waals surface area (Å²) in [5, 5.41) is 0. The fourth-order valence-electron chi connectivity index (χ4n) is 5.85. The maximum atomic E-state index is 5.35. The van der Waals surface area contributed by atoms with Crippen molar-refractivity contribution in [3.8, 4) is 16.9 Å². The molecule has 0 amide bonds. The predicted octanol–water partition coefficient (Wildman–Crippen LogP) is 8.46. The second kappa shape index (κ2) is 9.86. The Bertz CT molecular complexity index is 852. The van der Waals surface area contributed by atoms with Crippen molar-refractivity contribution in [3.05, 3.63) is 59.7 Å². The molecule has 2 aliphatic rings. The summed E-state index contributed by atoms with van der Waals surface area (Å²) < 4.78 is 5.35. The van der Waals surface area contributed by atoms with Crippen LogP contribution in [0.5, 0.6) is 5.75 Å². The van der Waals surface area contributed by atoms with Crippen LogP contribution in [0.25, 0.3) is 16.7 Å². The molecule has 0 aliphatic heterocycles. The molecule has 30 heavy (non-hydrogen) atoms. The van der Waals surface area contributed by atoms with Crippen LogP contribution >= 0.6 is 0 Å². The largest absolute Gasteiger partial charge is 0.497 e. The highest BCUT2D eigenvalue weighted by atomic mass is 16.5. The van der Waals surface area contributed by atoms with Crippen molar-refractivity contribution in [2.24, 2.45) is 17.8 Å². The molecule has 1 heteroatoms. The lowest BCUT2D eigenvalue weighted by Crippen LogP contribution is -2.23. The van der Waals surface area contributed by atoms with Crippen LogP contribution in [-0.4, -0.2) is 7.11 Å². The molecule has 0 aromatic heterocycles. The summed E-state index contributed by atoms with van der Waals surface area (Å²) in [5.74, 6) is 3.86. The topological polar surface area (TPSA) is 9.23 Å². The van der Waals surface area contributed by atoms with Gasteiger partial charge in [0.2, 0.25) is 0 Å². The molecular formula is C29H38O. The molecule has 1 unspecified atom stereocenters. The third-order valence-electron chi connectivity index (χ3n) is 7.71. The lowest BCUT2D eigenvalue weighted by atomic mass is 9.70. The van der Waals surface area contributed by atoms with Gasteiger partial charge in [-0.05, 0) is 96.7 Å². The summed E-state index contributed by atoms with van der Waals surface area (Å²) in [6.07, 6.45) is 15.2. The van der Waals surface area contributed by atoms with E-state index in [1.54, 1.807) is 12.7 Å². The minimum absolute atomic E-state index is 0.925. The molecule has 0 heterocycles. The lowest BCUT2D eigenvalue weighted by Gasteiger charge is -2.35. The van der Waals surface area contributed by atoms with E-state index in [-0.39, 0.29) is 0 Å². The quantitative estimate of drug-likeness (QED) is 0.471. The van der Waals surface area contributed by atoms with Crippen LogP contribution in [0, 0.1) is 24.7 Å². The predicted molar refractivity (Wildman–Crippen MR) is 129 cm³/mol. The van der Waals surface area contributed by atoms with Crippen molar-refractivity contribution >= 4 is 5.57 Å². The number of ether oxygens (including phenoxy) is 1. The molecule has 2 aliphatic carbocycles. The summed E-state index contributed by atoms with van der Waals surface area (Å²) in [5.41, 5.74) is 6.81. The fraction of sp³-hybridized carbons (Fsp3) is 0.517. The van der Waals surface area contributed by atoms with E-state index in [1.807, 2.05) is 0 Å². The highest BCUT2D eigenvalue weighted by Gasteiger charge is 2.28. The minimum atomic E-state index is 0.925. The molecule has 4 rings (SSSR count). The molecule has 2 aromatic rings. The van der Waals surface area contributed by atoms with Gasteiger partial charge in [-0.1, -0.05) is 69.0 Å². The molecule has 0 spiro atoms. The molecule has 0 saturated heterocycles. The van der Waals surface area contributed by atoms with Gasteiger partial charge in [0.15, 0.2) is 0 Å². The summed E-state index contributed by atoms with van der Waals surface area (Å²) in [6.45, 7) is 4.50. The van der Waals surface area contributed by atoms with Crippen LogP contribution < -0.4 is 4.74 Å². The standard InChI is InChI=1S/C29H38O/c1-4-5-22-6-8-23(9-7-22)24-10-12-25(13-11-24)26-14-16-27(17-15-26)29-19-18-28(30-3)20-21(29)2/h12,14-20,22-24H,4-11,13H2,1-3H3. The zero-order chi connectivity index (χ0) is 20.9. The lowest BCUT2D eigenvalue weighted by molar-refractivity contribution is 0.189. The molecule has 0 radical (unpaired) electrons. The highest BCUT2D eigenvalue weighted by molar-refractivity contribution is 5.72. The third-order valence-corrected chi connectivity index (χ3v) is 7.71. The number of rotatable bonds is 6. The smallest absolute Gasteiger partial charge is 0.119 e. The van der Waals surface area contributed by atoms with Gasteiger partial charge in [0.1, 0.15) is 5.75 Å². The molecule has 0 N–H and O–H groups in total. The van der Waals surface area contributed by atoms with Crippen molar-refractivity contribution in [2.45, 2.75) is 71.6 Å². The molecule has 1 fully saturated rings. The van der Waals surface area contributed by atoms with Gasteiger partial charge >= 0.3 is 0 Å². The van der Waals surface area contributed by atoms with Crippen LogP contribution in [0.1, 0.15) is 75.8 Å². The summed E-state index contributed by atoms with van der Waals surface area (Å²) >= 11 is 0. The van der Waals surface area contributed by atoms with Crippen LogP contribution in [0.15, 0.2) is 48.5 Å². The van der Waals surface area contributed by atoms with Crippen LogP contribution in [-0.2, 0) is 0 Å². The Morgan fingerprint density at radius 3 is 2.20 bits per heavy atom. The van der Waals surface area contributed by atoms with E-state index in [9.17, 15) is 0 Å². The Balaban J connectivity index is 1.38. The summed E-state index contributed by atoms with van der Waals surface area (Å²) in [7, 11) is 1.73. The molecule has 2 aromatic carbocycles. The van der Waals surface area contributed by atoms with Gasteiger partial charge in [0.25, 0.3) is 0 Å². The highest BCUT2D eigenvalue weighted by Crippen LogP contribution is 2.42. The fourth-order valence-corrected chi connectivity index (χ4v) is 5.85. The first-order chi connectivity index (χ1) is 14.7. The van der Waals surface area contributed by atoms with Crippen molar-refractivity contribution in [1.82, 2.24) is 0 Å². The van der Waals surface area contributed by atoms with E-state index in [2.05, 4.69) is 62.4 Å². The Hall–Kier alpha value is -2.02. The number of methoxy groups -OCH3 is 1. The first-order valence-electron chi connectivity index (χ1n) is 12.1. The maximum absolute atomic E-state index is 5.35. The first-order valence-corrected chi connectivity index (χ1v) is 12.1. The molecule has 160 valence electrons. The third kappa shape index (κ3) is 4.82. The normalized spacial score (nSPS) is 24.4. The number of hydrogen-bond donors (Lipinski definition) is 0. The van der Waals surface area contributed by atoms with Gasteiger partial charge in [0.05, 0.1) is 7.11 Å². The number of aryl methyl sites for hydroxylation is 1. The van der Waals surface area contributed by atoms with E-state index < -0.39 is 0 Å². The number of hydrogen-bond acceptors (Lipinski definition) is 1. The molecule has 1 saturated carbocycles. The van der Waals surface area contributed by atoms with Gasteiger partial charge in [-0.3, -0.25) is 0 Å². The van der Waals surface area contributed by atoms with E-state index >= 15 is 0 Å². The van der Waals surface area contributed by atoms with Crippen molar-refractivity contribution in [1.29, 1.82) is 0 Å². The van der Waals surface area contributed by atoms with Crippen LogP contribution in [0.2, 0.25) is 0 Å². The van der Waals surface area contributed by atoms with Gasteiger partial charge in [-0.15, -0.1) is 0 Å². The maximum Gasteiger partial charge on any atom is 0.119 e. The van der Waals surface area contributed by atoms with Crippen molar-refractivity contribution in [3.63, 3.8) is 0 Å². The number of allylic oxidation sites excluding steroid dienone is 2. The zero-order valence-electron chi connectivity index (χ0n) is 19.1. The Morgan fingerprint density at radius 1 is 0.867 bits per heavy atom. The average Bonchev–Trinajstić information content (AvgIpc) is 2.80. The van der Waals surface area contributed by atoms with E-state index in [4.69, 9.17) is 4.74 Å². The van der Waals surface area contributed by atoms with Gasteiger partial charge in [-0.25, -0.2) is 0 Å². The molecule has 1 atom stereocenters. The van der Waals surface area contributed by atoms with E-state index in [0.717, 1.165) is 23.5 Å². The van der Waals surface area contributed by atoms with Gasteiger partial charge in [-0.2, -0.15) is 0 Å². The number of benzene rings is 2. The molecular weight excluding hydrogens is 364 g/mol. The average molecular weight is 403 g/mol. The summed E-state index contributed by atoms with van der Waals surface area (Å²) in [4.78, 5) is 0. The Morgan fingerprint density at radius 2 is 1.60 bits per heavy atom. The monoisotopic (exact) mass is 402 g/mol. The summed E-state index contributed by atoms with van der Waals surface area (Å²) in [6, 6.07) is 15.5. The molecule has 0 bridgehead atoms. The van der Waals surface area contributed by atoms with Crippen molar-refractivity contribution < 1.29 is 4.74 Å². The van der Waals surface area contributed by atoms with Crippen molar-refractivity contribution in [2.75, 3.05) is 7.11 Å². The second-order valence-electron chi connectivity index (χ2n) is 9.59. The van der Waals surface area contributed by atoms with E-state index in [1.165, 1.54) is 80.0 Å². The van der Waals surface area contributed by atoms with Crippen LogP contribution in [0.3, 0.4) is 0 Å². The Kier molecular flexibility index (Phi) is 6.97. The van der Waals surface area contributed by atoms with Gasteiger partial charge in [0, 0.05) is 0 Å². The van der Waals surface area contributed by atoms with Gasteiger partial charge < -0.3 is 4.74 Å². The second-order valence-corrected chi connectivity index (χ2v) is 9.59. The van der Waals surface area contributed by atoms with E-state index in [0.29, 0.717) is 0 Å². The minimum Gasteiger partial charge on any atom is -0.497 e. The SMILES string of the molecule is CCCC1CCC(C2CC=C(c3ccc(-c4ccc(OC)cc4C)cc3)CC2)CC1. The van der Waals surface area contributed by atoms with Crippen LogP contribution in [0.4, 0.5) is 0 Å². The Labute approximate surface area is 183 Å².